The number of carboxylic acid groups (broad SMARTS) is 2. The fourth-order valence-electron chi connectivity index (χ4n) is 4.15. The highest BCUT2D eigenvalue weighted by atomic mass is 16.6. The largest absolute Gasteiger partial charge is 0.481 e. The lowest BCUT2D eigenvalue weighted by Gasteiger charge is -2.25. The number of hydrogen-bond acceptors (Lipinski definition) is 10. The third kappa shape index (κ3) is 10.6. The Morgan fingerprint density at radius 2 is 1.69 bits per heavy atom. The molecular formula is C25H35N7O10. The molecule has 0 saturated heterocycles. The molecule has 0 radical (unpaired) electrons. The zero-order valence-corrected chi connectivity index (χ0v) is 22.7. The standard InChI is InChI=1S/C25H35N7O10/c26-10-2-1-4-18-24(39)30-17(23(38)28-13-21(35)36)5-3-11-27-16-7-6-14(32(41)42)12-15(16)22(37)29-19(25(40)31-18)8-9-20(33)34/h6-7,12,17-19,27H,1-5,8-11,13,26H2,(H,28,38)(H,29,37)(H,30,39)(H,31,40)(H,33,34)(H,35,36). The Balaban J connectivity index is 2.49. The molecule has 0 spiro atoms. The number of nitro groups is 1. The Morgan fingerprint density at radius 3 is 2.33 bits per heavy atom. The zero-order valence-electron chi connectivity index (χ0n) is 22.7. The van der Waals surface area contributed by atoms with Gasteiger partial charge < -0.3 is 42.5 Å². The Bertz CT molecular complexity index is 1190. The number of nitro benzene ring substituents is 1. The minimum atomic E-state index is -1.44. The molecule has 1 heterocycles. The van der Waals surface area contributed by atoms with Gasteiger partial charge in [-0.2, -0.15) is 0 Å². The normalized spacial score (nSPS) is 19.8. The van der Waals surface area contributed by atoms with Gasteiger partial charge in [-0.3, -0.25) is 38.9 Å². The molecule has 0 saturated carbocycles. The first-order chi connectivity index (χ1) is 19.9. The molecule has 1 aliphatic rings. The SMILES string of the molecule is NCCCCC1NC(=O)C(CCC(=O)O)NC(=O)c2cc([N+](=O)[O-])ccc2NCCCC(C(=O)NCC(=O)O)NC1=O. The topological polar surface area (TPSA) is 272 Å². The van der Waals surface area contributed by atoms with Crippen LogP contribution < -0.4 is 32.3 Å². The second-order valence-corrected chi connectivity index (χ2v) is 9.53. The minimum Gasteiger partial charge on any atom is -0.481 e. The van der Waals surface area contributed by atoms with Crippen molar-refractivity contribution in [2.75, 3.05) is 25.0 Å². The van der Waals surface area contributed by atoms with Crippen molar-refractivity contribution in [1.29, 1.82) is 0 Å². The maximum absolute atomic E-state index is 13.3. The number of rotatable bonds is 11. The molecule has 42 heavy (non-hydrogen) atoms. The van der Waals surface area contributed by atoms with Gasteiger partial charge in [-0.05, 0) is 51.1 Å². The molecule has 9 N–H and O–H groups in total. The molecule has 1 aromatic rings. The number of nitrogens with two attached hydrogens (primary N) is 1. The van der Waals surface area contributed by atoms with Crippen LogP contribution in [0.5, 0.6) is 0 Å². The maximum atomic E-state index is 13.3. The average Bonchev–Trinajstić information content (AvgIpc) is 2.94. The van der Waals surface area contributed by atoms with Crippen LogP contribution in [0.2, 0.25) is 0 Å². The number of nitrogens with zero attached hydrogens (tertiary/aromatic N) is 1. The summed E-state index contributed by atoms with van der Waals surface area (Å²) in [6.45, 7) is -0.250. The van der Waals surface area contributed by atoms with Gasteiger partial charge >= 0.3 is 11.9 Å². The number of fused-ring (bicyclic) bond motifs is 1. The van der Waals surface area contributed by atoms with Gasteiger partial charge in [0.1, 0.15) is 24.7 Å². The van der Waals surface area contributed by atoms with E-state index in [9.17, 15) is 44.0 Å². The van der Waals surface area contributed by atoms with E-state index in [1.54, 1.807) is 0 Å². The monoisotopic (exact) mass is 593 g/mol. The Kier molecular flexibility index (Phi) is 13.1. The fourth-order valence-corrected chi connectivity index (χ4v) is 4.15. The molecule has 0 aliphatic carbocycles. The quantitative estimate of drug-likeness (QED) is 0.0877. The van der Waals surface area contributed by atoms with Crippen LogP contribution in [0.3, 0.4) is 0 Å². The van der Waals surface area contributed by atoms with Gasteiger partial charge in [-0.15, -0.1) is 0 Å². The summed E-state index contributed by atoms with van der Waals surface area (Å²) in [5.74, 6) is -5.85. The summed E-state index contributed by atoms with van der Waals surface area (Å²) in [7, 11) is 0. The van der Waals surface area contributed by atoms with Crippen LogP contribution in [-0.2, 0) is 24.0 Å². The van der Waals surface area contributed by atoms with Crippen molar-refractivity contribution in [3.05, 3.63) is 33.9 Å². The number of carbonyl (C=O) groups is 6. The van der Waals surface area contributed by atoms with Gasteiger partial charge in [0, 0.05) is 30.8 Å². The number of carboxylic acids is 2. The molecule has 2 rings (SSSR count). The molecular weight excluding hydrogens is 558 g/mol. The lowest BCUT2D eigenvalue weighted by molar-refractivity contribution is -0.384. The molecule has 17 nitrogen and oxygen atoms in total. The maximum Gasteiger partial charge on any atom is 0.322 e. The van der Waals surface area contributed by atoms with Crippen LogP contribution in [-0.4, -0.2) is 88.5 Å². The molecule has 0 aromatic heterocycles. The molecule has 0 fully saturated rings. The Labute approximate surface area is 240 Å². The highest BCUT2D eigenvalue weighted by Crippen LogP contribution is 2.23. The van der Waals surface area contributed by atoms with Crippen LogP contribution in [0.4, 0.5) is 11.4 Å². The summed E-state index contributed by atoms with van der Waals surface area (Å²) < 4.78 is 0. The number of amides is 4. The minimum absolute atomic E-state index is 0.0312. The van der Waals surface area contributed by atoms with Crippen molar-refractivity contribution in [2.45, 2.75) is 63.1 Å². The van der Waals surface area contributed by atoms with Gasteiger partial charge in [-0.1, -0.05) is 0 Å². The van der Waals surface area contributed by atoms with Crippen molar-refractivity contribution in [1.82, 2.24) is 21.3 Å². The molecule has 230 valence electrons. The van der Waals surface area contributed by atoms with E-state index in [2.05, 4.69) is 26.6 Å². The summed E-state index contributed by atoms with van der Waals surface area (Å²) in [5.41, 5.74) is 5.13. The van der Waals surface area contributed by atoms with E-state index in [-0.39, 0.29) is 43.5 Å². The third-order valence-corrected chi connectivity index (χ3v) is 6.34. The van der Waals surface area contributed by atoms with Crippen molar-refractivity contribution in [3.63, 3.8) is 0 Å². The van der Waals surface area contributed by atoms with Gasteiger partial charge in [0.05, 0.1) is 10.5 Å². The summed E-state index contributed by atoms with van der Waals surface area (Å²) in [4.78, 5) is 85.4. The first-order valence-electron chi connectivity index (χ1n) is 13.3. The van der Waals surface area contributed by atoms with E-state index in [0.717, 1.165) is 12.1 Å². The predicted octanol–water partition coefficient (Wildman–Crippen LogP) is -0.937. The highest BCUT2D eigenvalue weighted by Gasteiger charge is 2.31. The van der Waals surface area contributed by atoms with Crippen molar-refractivity contribution < 1.29 is 43.9 Å². The predicted molar refractivity (Wildman–Crippen MR) is 146 cm³/mol. The number of non-ortho nitro benzene ring substituents is 1. The van der Waals surface area contributed by atoms with E-state index in [1.165, 1.54) is 6.07 Å². The summed E-state index contributed by atoms with van der Waals surface area (Å²) in [5, 5.41) is 42.1. The number of carbonyl (C=O) groups excluding carboxylic acids is 4. The van der Waals surface area contributed by atoms with Crippen LogP contribution in [0.15, 0.2) is 18.2 Å². The first-order valence-corrected chi connectivity index (χ1v) is 13.3. The van der Waals surface area contributed by atoms with E-state index in [1.807, 2.05) is 0 Å². The second kappa shape index (κ2) is 16.5. The summed E-state index contributed by atoms with van der Waals surface area (Å²) in [6.07, 6.45) is 0.378. The molecule has 4 amide bonds. The van der Waals surface area contributed by atoms with E-state index < -0.39 is 77.3 Å². The van der Waals surface area contributed by atoms with Crippen LogP contribution in [0, 0.1) is 10.1 Å². The van der Waals surface area contributed by atoms with E-state index in [0.29, 0.717) is 19.4 Å². The van der Waals surface area contributed by atoms with Crippen molar-refractivity contribution >= 4 is 46.9 Å². The number of unbranched alkanes of at least 4 members (excludes halogenated alkanes) is 1. The van der Waals surface area contributed by atoms with Crippen molar-refractivity contribution in [3.8, 4) is 0 Å². The smallest absolute Gasteiger partial charge is 0.322 e. The highest BCUT2D eigenvalue weighted by molar-refractivity contribution is 6.03. The third-order valence-electron chi connectivity index (χ3n) is 6.34. The van der Waals surface area contributed by atoms with Crippen LogP contribution in [0.1, 0.15) is 55.3 Å². The average molecular weight is 594 g/mol. The van der Waals surface area contributed by atoms with Gasteiger partial charge in [0.2, 0.25) is 17.7 Å². The summed E-state index contributed by atoms with van der Waals surface area (Å²) in [6, 6.07) is -0.369. The van der Waals surface area contributed by atoms with E-state index in [4.69, 9.17) is 10.8 Å². The van der Waals surface area contributed by atoms with E-state index >= 15 is 0 Å². The first kappa shape index (κ1) is 33.4. The van der Waals surface area contributed by atoms with Crippen molar-refractivity contribution in [2.24, 2.45) is 5.73 Å². The second-order valence-electron chi connectivity index (χ2n) is 9.53. The Hall–Kier alpha value is -4.80. The lowest BCUT2D eigenvalue weighted by atomic mass is 10.0. The number of nitrogens with one attached hydrogen (secondary N) is 5. The number of hydrogen-bond donors (Lipinski definition) is 8. The number of anilines is 1. The molecule has 17 heteroatoms. The molecule has 3 atom stereocenters. The van der Waals surface area contributed by atoms with Crippen LogP contribution >= 0.6 is 0 Å². The zero-order chi connectivity index (χ0) is 31.2. The van der Waals surface area contributed by atoms with Gasteiger partial charge in [-0.25, -0.2) is 0 Å². The fraction of sp³-hybridized carbons (Fsp3) is 0.520. The van der Waals surface area contributed by atoms with Gasteiger partial charge in [0.15, 0.2) is 0 Å². The number of benzene rings is 1. The summed E-state index contributed by atoms with van der Waals surface area (Å²) >= 11 is 0. The van der Waals surface area contributed by atoms with Crippen LogP contribution in [0.25, 0.3) is 0 Å². The number of aliphatic carboxylic acids is 2. The lowest BCUT2D eigenvalue weighted by Crippen LogP contribution is -2.57. The molecule has 1 aliphatic heterocycles. The molecule has 3 unspecified atom stereocenters. The molecule has 0 bridgehead atoms. The van der Waals surface area contributed by atoms with Gasteiger partial charge in [0.25, 0.3) is 11.6 Å². The molecule has 1 aromatic carbocycles. The Morgan fingerprint density at radius 1 is 1.00 bits per heavy atom.